The molecule has 1 fully saturated rings. The van der Waals surface area contributed by atoms with E-state index in [-0.39, 0.29) is 0 Å². The quantitative estimate of drug-likeness (QED) is 0.867. The molecule has 0 aromatic heterocycles. The van der Waals surface area contributed by atoms with Crippen molar-refractivity contribution in [3.05, 3.63) is 29.8 Å². The molecule has 2 rings (SSSR count). The van der Waals surface area contributed by atoms with Crippen molar-refractivity contribution in [2.24, 2.45) is 0 Å². The van der Waals surface area contributed by atoms with Crippen molar-refractivity contribution in [3.63, 3.8) is 0 Å². The molecule has 0 spiro atoms. The summed E-state index contributed by atoms with van der Waals surface area (Å²) < 4.78 is 5.68. The number of nitrogens with one attached hydrogen (secondary N) is 1. The molecule has 0 amide bonds. The average molecular weight is 248 g/mol. The van der Waals surface area contributed by atoms with Gasteiger partial charge in [-0.05, 0) is 45.0 Å². The van der Waals surface area contributed by atoms with Crippen LogP contribution in [0.15, 0.2) is 24.3 Å². The van der Waals surface area contributed by atoms with Crippen molar-refractivity contribution < 1.29 is 4.74 Å². The molecule has 2 atom stereocenters. The zero-order valence-corrected chi connectivity index (χ0v) is 11.6. The highest BCUT2D eigenvalue weighted by molar-refractivity contribution is 5.49. The van der Waals surface area contributed by atoms with E-state index in [4.69, 9.17) is 4.74 Å². The summed E-state index contributed by atoms with van der Waals surface area (Å²) in [7, 11) is 1.99. The van der Waals surface area contributed by atoms with Gasteiger partial charge in [0, 0.05) is 31.4 Å². The minimum Gasteiger partial charge on any atom is -0.377 e. The Bertz CT molecular complexity index is 363. The molecule has 18 heavy (non-hydrogen) atoms. The molecular formula is C15H24N2O. The third-order valence-electron chi connectivity index (χ3n) is 3.74. The van der Waals surface area contributed by atoms with Gasteiger partial charge < -0.3 is 15.0 Å². The smallest absolute Gasteiger partial charge is 0.0766 e. The van der Waals surface area contributed by atoms with Crippen molar-refractivity contribution in [1.29, 1.82) is 0 Å². The number of rotatable bonds is 5. The number of benzene rings is 1. The van der Waals surface area contributed by atoms with E-state index < -0.39 is 0 Å². The summed E-state index contributed by atoms with van der Waals surface area (Å²) in [5.41, 5.74) is 2.64. The van der Waals surface area contributed by atoms with Crippen molar-refractivity contribution in [2.75, 3.05) is 31.6 Å². The number of hydrogen-bond donors (Lipinski definition) is 1. The second-order valence-electron chi connectivity index (χ2n) is 4.91. The van der Waals surface area contributed by atoms with Crippen LogP contribution in [0.1, 0.15) is 31.9 Å². The lowest BCUT2D eigenvalue weighted by Crippen LogP contribution is -2.22. The summed E-state index contributed by atoms with van der Waals surface area (Å²) in [4.78, 5) is 2.41. The van der Waals surface area contributed by atoms with Crippen LogP contribution in [0.2, 0.25) is 0 Å². The van der Waals surface area contributed by atoms with Gasteiger partial charge in [0.2, 0.25) is 0 Å². The van der Waals surface area contributed by atoms with Crippen LogP contribution in [0.25, 0.3) is 0 Å². The molecule has 0 radical (unpaired) electrons. The van der Waals surface area contributed by atoms with E-state index in [0.717, 1.165) is 26.1 Å². The van der Waals surface area contributed by atoms with Gasteiger partial charge in [-0.2, -0.15) is 0 Å². The molecule has 1 aliphatic heterocycles. The highest BCUT2D eigenvalue weighted by Crippen LogP contribution is 2.23. The lowest BCUT2D eigenvalue weighted by Gasteiger charge is -2.20. The molecular weight excluding hydrogens is 224 g/mol. The zero-order valence-electron chi connectivity index (χ0n) is 11.6. The molecule has 0 bridgehead atoms. The van der Waals surface area contributed by atoms with E-state index in [1.54, 1.807) is 0 Å². The molecule has 100 valence electrons. The fraction of sp³-hybridized carbons (Fsp3) is 0.600. The first-order chi connectivity index (χ1) is 8.74. The van der Waals surface area contributed by atoms with E-state index in [0.29, 0.717) is 12.1 Å². The average Bonchev–Trinajstić information content (AvgIpc) is 2.87. The molecule has 1 saturated heterocycles. The van der Waals surface area contributed by atoms with Gasteiger partial charge in [0.25, 0.3) is 0 Å². The van der Waals surface area contributed by atoms with Crippen LogP contribution in [0.3, 0.4) is 0 Å². The van der Waals surface area contributed by atoms with Crippen molar-refractivity contribution in [3.8, 4) is 0 Å². The predicted molar refractivity (Wildman–Crippen MR) is 76.2 cm³/mol. The molecule has 1 N–H and O–H groups in total. The van der Waals surface area contributed by atoms with Gasteiger partial charge in [-0.25, -0.2) is 0 Å². The normalized spacial score (nSPS) is 21.3. The van der Waals surface area contributed by atoms with Crippen molar-refractivity contribution >= 4 is 5.69 Å². The van der Waals surface area contributed by atoms with Gasteiger partial charge in [-0.3, -0.25) is 0 Å². The van der Waals surface area contributed by atoms with Crippen LogP contribution in [0, 0.1) is 0 Å². The minimum absolute atomic E-state index is 0.408. The maximum Gasteiger partial charge on any atom is 0.0766 e. The standard InChI is InChI=1S/C15H24N2O/c1-4-18-15-9-10-17(11-15)14-7-5-13(6-8-14)12(2)16-3/h5-8,12,15-16H,4,9-11H2,1-3H3/t12?,15-/m0/s1. The maximum absolute atomic E-state index is 5.68. The lowest BCUT2D eigenvalue weighted by atomic mass is 10.1. The van der Waals surface area contributed by atoms with E-state index in [2.05, 4.69) is 48.3 Å². The Hall–Kier alpha value is -1.06. The Morgan fingerprint density at radius 3 is 2.72 bits per heavy atom. The molecule has 1 aliphatic rings. The van der Waals surface area contributed by atoms with Gasteiger partial charge in [0.1, 0.15) is 0 Å². The van der Waals surface area contributed by atoms with E-state index in [9.17, 15) is 0 Å². The largest absolute Gasteiger partial charge is 0.377 e. The van der Waals surface area contributed by atoms with Crippen molar-refractivity contribution in [2.45, 2.75) is 32.4 Å². The van der Waals surface area contributed by atoms with Crippen LogP contribution in [-0.2, 0) is 4.74 Å². The Kier molecular flexibility index (Phi) is 4.61. The SMILES string of the molecule is CCO[C@H]1CCN(c2ccc(C(C)NC)cc2)C1. The molecule has 1 unspecified atom stereocenters. The van der Waals surface area contributed by atoms with Crippen LogP contribution in [-0.4, -0.2) is 32.8 Å². The third-order valence-corrected chi connectivity index (χ3v) is 3.74. The van der Waals surface area contributed by atoms with Gasteiger partial charge in [-0.1, -0.05) is 12.1 Å². The molecule has 3 nitrogen and oxygen atoms in total. The number of nitrogens with zero attached hydrogens (tertiary/aromatic N) is 1. The summed E-state index contributed by atoms with van der Waals surface area (Å²) in [6, 6.07) is 9.28. The lowest BCUT2D eigenvalue weighted by molar-refractivity contribution is 0.0787. The van der Waals surface area contributed by atoms with E-state index >= 15 is 0 Å². The number of anilines is 1. The van der Waals surface area contributed by atoms with Gasteiger partial charge in [0.15, 0.2) is 0 Å². The van der Waals surface area contributed by atoms with Gasteiger partial charge in [-0.15, -0.1) is 0 Å². The monoisotopic (exact) mass is 248 g/mol. The third kappa shape index (κ3) is 3.03. The summed E-state index contributed by atoms with van der Waals surface area (Å²) >= 11 is 0. The topological polar surface area (TPSA) is 24.5 Å². The zero-order chi connectivity index (χ0) is 13.0. The number of hydrogen-bond acceptors (Lipinski definition) is 3. The number of ether oxygens (including phenoxy) is 1. The minimum atomic E-state index is 0.408. The summed E-state index contributed by atoms with van der Waals surface area (Å²) in [6.07, 6.45) is 1.55. The summed E-state index contributed by atoms with van der Waals surface area (Å²) in [6.45, 7) is 7.18. The van der Waals surface area contributed by atoms with Crippen LogP contribution in [0.4, 0.5) is 5.69 Å². The van der Waals surface area contributed by atoms with E-state index in [1.165, 1.54) is 11.3 Å². The Labute approximate surface area is 110 Å². The van der Waals surface area contributed by atoms with Crippen LogP contribution >= 0.6 is 0 Å². The maximum atomic E-state index is 5.68. The Morgan fingerprint density at radius 2 is 2.11 bits per heavy atom. The molecule has 0 saturated carbocycles. The fourth-order valence-corrected chi connectivity index (χ4v) is 2.47. The first kappa shape index (κ1) is 13.4. The molecule has 3 heteroatoms. The molecule has 1 heterocycles. The second-order valence-corrected chi connectivity index (χ2v) is 4.91. The highest BCUT2D eigenvalue weighted by Gasteiger charge is 2.22. The Morgan fingerprint density at radius 1 is 1.39 bits per heavy atom. The first-order valence-corrected chi connectivity index (χ1v) is 6.88. The fourth-order valence-electron chi connectivity index (χ4n) is 2.47. The van der Waals surface area contributed by atoms with Gasteiger partial charge in [0.05, 0.1) is 6.10 Å². The van der Waals surface area contributed by atoms with Crippen LogP contribution in [0.5, 0.6) is 0 Å². The first-order valence-electron chi connectivity index (χ1n) is 6.88. The molecule has 1 aromatic rings. The van der Waals surface area contributed by atoms with Gasteiger partial charge >= 0.3 is 0 Å². The second kappa shape index (κ2) is 6.21. The molecule has 0 aliphatic carbocycles. The summed E-state index contributed by atoms with van der Waals surface area (Å²) in [5, 5.41) is 3.26. The highest BCUT2D eigenvalue weighted by atomic mass is 16.5. The van der Waals surface area contributed by atoms with Crippen molar-refractivity contribution in [1.82, 2.24) is 5.32 Å². The summed E-state index contributed by atoms with van der Waals surface area (Å²) in [5.74, 6) is 0. The predicted octanol–water partition coefficient (Wildman–Crippen LogP) is 2.58. The van der Waals surface area contributed by atoms with E-state index in [1.807, 2.05) is 7.05 Å². The van der Waals surface area contributed by atoms with Crippen LogP contribution < -0.4 is 10.2 Å². The molecule has 1 aromatic carbocycles. The Balaban J connectivity index is 1.98.